The molecule has 5 nitrogen and oxygen atoms in total. The first-order chi connectivity index (χ1) is 6.07. The van der Waals surface area contributed by atoms with Crippen molar-refractivity contribution in [2.45, 2.75) is 6.92 Å². The normalized spacial score (nSPS) is 9.69. The van der Waals surface area contributed by atoms with Gasteiger partial charge in [0.2, 0.25) is 0 Å². The van der Waals surface area contributed by atoms with Crippen molar-refractivity contribution in [3.8, 4) is 5.75 Å². The van der Waals surface area contributed by atoms with E-state index >= 15 is 0 Å². The van der Waals surface area contributed by atoms with Gasteiger partial charge in [0.15, 0.2) is 11.4 Å². The van der Waals surface area contributed by atoms with Gasteiger partial charge in [-0.1, -0.05) is 0 Å². The minimum Gasteiger partial charge on any atom is -0.494 e. The lowest BCUT2D eigenvalue weighted by Gasteiger charge is -2.07. The number of hydrogen-bond acceptors (Lipinski definition) is 4. The third-order valence-electron chi connectivity index (χ3n) is 1.77. The van der Waals surface area contributed by atoms with Crippen molar-refractivity contribution in [2.75, 3.05) is 12.8 Å². The van der Waals surface area contributed by atoms with Crippen molar-refractivity contribution in [1.82, 2.24) is 0 Å². The number of ether oxygens (including phenoxy) is 1. The van der Waals surface area contributed by atoms with Crippen molar-refractivity contribution >= 4 is 11.4 Å². The van der Waals surface area contributed by atoms with Crippen molar-refractivity contribution in [3.63, 3.8) is 0 Å². The minimum atomic E-state index is -0.530. The Bertz CT molecular complexity index is 349. The van der Waals surface area contributed by atoms with Crippen LogP contribution in [0.15, 0.2) is 12.1 Å². The Hall–Kier alpha value is -1.78. The average molecular weight is 182 g/mol. The Morgan fingerprint density at radius 1 is 1.54 bits per heavy atom. The van der Waals surface area contributed by atoms with Gasteiger partial charge < -0.3 is 10.5 Å². The van der Waals surface area contributed by atoms with E-state index in [2.05, 4.69) is 0 Å². The molecule has 1 aromatic rings. The van der Waals surface area contributed by atoms with E-state index in [0.29, 0.717) is 5.75 Å². The average Bonchev–Trinajstić information content (AvgIpc) is 2.04. The van der Waals surface area contributed by atoms with Gasteiger partial charge in [-0.15, -0.1) is 0 Å². The van der Waals surface area contributed by atoms with E-state index < -0.39 is 4.92 Å². The largest absolute Gasteiger partial charge is 0.494 e. The zero-order chi connectivity index (χ0) is 10.0. The highest BCUT2D eigenvalue weighted by Crippen LogP contribution is 2.33. The number of nitro groups is 1. The molecule has 0 spiro atoms. The minimum absolute atomic E-state index is 0.0764. The van der Waals surface area contributed by atoms with Gasteiger partial charge >= 0.3 is 0 Å². The summed E-state index contributed by atoms with van der Waals surface area (Å²) in [6.07, 6.45) is 0. The maximum Gasteiger partial charge on any atom is 0.295 e. The summed E-state index contributed by atoms with van der Waals surface area (Å²) < 4.78 is 4.94. The molecule has 0 amide bonds. The zero-order valence-corrected chi connectivity index (χ0v) is 7.40. The number of nitrogens with zero attached hydrogens (tertiary/aromatic N) is 1. The number of nitrogen functional groups attached to an aromatic ring is 1. The molecule has 0 radical (unpaired) electrons. The van der Waals surface area contributed by atoms with E-state index in [1.54, 1.807) is 13.0 Å². The molecule has 5 heteroatoms. The summed E-state index contributed by atoms with van der Waals surface area (Å²) in [5.74, 6) is 0.370. The third kappa shape index (κ3) is 1.53. The zero-order valence-electron chi connectivity index (χ0n) is 7.40. The van der Waals surface area contributed by atoms with E-state index in [9.17, 15) is 10.1 Å². The molecule has 0 aliphatic rings. The van der Waals surface area contributed by atoms with Crippen LogP contribution in [-0.2, 0) is 0 Å². The number of hydrogen-bond donors (Lipinski definition) is 1. The van der Waals surface area contributed by atoms with Crippen LogP contribution in [0.3, 0.4) is 0 Å². The number of anilines is 1. The lowest BCUT2D eigenvalue weighted by atomic mass is 10.1. The first-order valence-corrected chi connectivity index (χ1v) is 3.65. The number of nitro benzene ring substituents is 1. The number of benzene rings is 1. The molecule has 0 saturated heterocycles. The fourth-order valence-corrected chi connectivity index (χ4v) is 1.13. The van der Waals surface area contributed by atoms with Gasteiger partial charge in [-0.05, 0) is 18.6 Å². The van der Waals surface area contributed by atoms with Crippen molar-refractivity contribution in [2.24, 2.45) is 0 Å². The van der Waals surface area contributed by atoms with Crippen LogP contribution < -0.4 is 10.5 Å². The second-order valence-electron chi connectivity index (χ2n) is 2.61. The lowest BCUT2D eigenvalue weighted by molar-refractivity contribution is -0.384. The summed E-state index contributed by atoms with van der Waals surface area (Å²) in [6.45, 7) is 1.78. The smallest absolute Gasteiger partial charge is 0.295 e. The predicted molar refractivity (Wildman–Crippen MR) is 48.8 cm³/mol. The van der Waals surface area contributed by atoms with Crippen LogP contribution in [0.5, 0.6) is 5.75 Å². The van der Waals surface area contributed by atoms with Crippen LogP contribution in [-0.4, -0.2) is 12.0 Å². The van der Waals surface area contributed by atoms with E-state index in [1.165, 1.54) is 13.2 Å². The van der Waals surface area contributed by atoms with Crippen LogP contribution in [0.2, 0.25) is 0 Å². The fraction of sp³-hybridized carbons (Fsp3) is 0.250. The van der Waals surface area contributed by atoms with E-state index in [1.807, 2.05) is 0 Å². The van der Waals surface area contributed by atoms with Gasteiger partial charge in [0.05, 0.1) is 12.0 Å². The molecular weight excluding hydrogens is 172 g/mol. The molecule has 1 rings (SSSR count). The van der Waals surface area contributed by atoms with Gasteiger partial charge in [0.25, 0.3) is 5.69 Å². The molecule has 0 fully saturated rings. The highest BCUT2D eigenvalue weighted by molar-refractivity contribution is 5.69. The Morgan fingerprint density at radius 2 is 2.15 bits per heavy atom. The Kier molecular flexibility index (Phi) is 2.36. The maximum absolute atomic E-state index is 10.5. The molecule has 0 atom stereocenters. The highest BCUT2D eigenvalue weighted by Gasteiger charge is 2.16. The fourth-order valence-electron chi connectivity index (χ4n) is 1.13. The van der Waals surface area contributed by atoms with Crippen molar-refractivity contribution in [1.29, 1.82) is 0 Å². The van der Waals surface area contributed by atoms with Gasteiger partial charge in [-0.25, -0.2) is 0 Å². The third-order valence-corrected chi connectivity index (χ3v) is 1.77. The summed E-state index contributed by atoms with van der Waals surface area (Å²) in [7, 11) is 1.43. The van der Waals surface area contributed by atoms with E-state index in [4.69, 9.17) is 10.5 Å². The Balaban J connectivity index is 3.35. The second-order valence-corrected chi connectivity index (χ2v) is 2.61. The van der Waals surface area contributed by atoms with Gasteiger partial charge in [0.1, 0.15) is 0 Å². The van der Waals surface area contributed by atoms with Crippen LogP contribution in [0.1, 0.15) is 5.56 Å². The topological polar surface area (TPSA) is 78.4 Å². The second kappa shape index (κ2) is 3.30. The molecule has 0 aliphatic heterocycles. The first kappa shape index (κ1) is 9.31. The van der Waals surface area contributed by atoms with E-state index in [0.717, 1.165) is 5.56 Å². The molecule has 13 heavy (non-hydrogen) atoms. The Labute approximate surface area is 75.3 Å². The lowest BCUT2D eigenvalue weighted by Crippen LogP contribution is -2.00. The van der Waals surface area contributed by atoms with Crippen LogP contribution in [0.4, 0.5) is 11.4 Å². The molecule has 2 N–H and O–H groups in total. The molecule has 0 heterocycles. The quantitative estimate of drug-likeness (QED) is 0.427. The van der Waals surface area contributed by atoms with Crippen LogP contribution in [0, 0.1) is 17.0 Å². The van der Waals surface area contributed by atoms with E-state index in [-0.39, 0.29) is 11.4 Å². The summed E-state index contributed by atoms with van der Waals surface area (Å²) in [5, 5.41) is 10.5. The number of rotatable bonds is 2. The molecule has 0 saturated carbocycles. The molecule has 1 aromatic carbocycles. The van der Waals surface area contributed by atoms with Gasteiger partial charge in [-0.2, -0.15) is 0 Å². The summed E-state index contributed by atoms with van der Waals surface area (Å²) >= 11 is 0. The van der Waals surface area contributed by atoms with Gasteiger partial charge in [0, 0.05) is 6.07 Å². The predicted octanol–water partition coefficient (Wildman–Crippen LogP) is 1.49. The van der Waals surface area contributed by atoms with Crippen molar-refractivity contribution < 1.29 is 9.66 Å². The summed E-state index contributed by atoms with van der Waals surface area (Å²) in [4.78, 5) is 9.94. The molecule has 0 bridgehead atoms. The standard InChI is InChI=1S/C8H10N2O3/c1-5-3-4-6(10(11)12)7(9)8(5)13-2/h3-4H,9H2,1-2H3. The summed E-state index contributed by atoms with van der Waals surface area (Å²) in [5.41, 5.74) is 6.27. The van der Waals surface area contributed by atoms with Crippen LogP contribution >= 0.6 is 0 Å². The number of methoxy groups -OCH3 is 1. The molecule has 0 aliphatic carbocycles. The molecular formula is C8H10N2O3. The maximum atomic E-state index is 10.5. The first-order valence-electron chi connectivity index (χ1n) is 3.65. The van der Waals surface area contributed by atoms with Gasteiger partial charge in [-0.3, -0.25) is 10.1 Å². The summed E-state index contributed by atoms with van der Waals surface area (Å²) in [6, 6.07) is 2.97. The molecule has 0 aromatic heterocycles. The Morgan fingerprint density at radius 3 is 2.62 bits per heavy atom. The molecule has 70 valence electrons. The SMILES string of the molecule is COc1c(C)ccc([N+](=O)[O-])c1N. The molecule has 0 unspecified atom stereocenters. The number of aryl methyl sites for hydroxylation is 1. The van der Waals surface area contributed by atoms with Crippen LogP contribution in [0.25, 0.3) is 0 Å². The highest BCUT2D eigenvalue weighted by atomic mass is 16.6. The number of nitrogens with two attached hydrogens (primary N) is 1. The monoisotopic (exact) mass is 182 g/mol. The van der Waals surface area contributed by atoms with Crippen molar-refractivity contribution in [3.05, 3.63) is 27.8 Å².